The summed E-state index contributed by atoms with van der Waals surface area (Å²) in [4.78, 5) is 1.34. The van der Waals surface area contributed by atoms with Gasteiger partial charge in [-0.1, -0.05) is 31.4 Å². The van der Waals surface area contributed by atoms with Crippen molar-refractivity contribution >= 4 is 11.8 Å². The summed E-state index contributed by atoms with van der Waals surface area (Å²) in [6, 6.07) is 10.0. The Morgan fingerprint density at radius 2 is 1.89 bits per heavy atom. The molecule has 0 aliphatic heterocycles. The van der Waals surface area contributed by atoms with Crippen LogP contribution in [0.5, 0.6) is 0 Å². The largest absolute Gasteiger partial charge is 0.308 e. The van der Waals surface area contributed by atoms with E-state index in [0.29, 0.717) is 12.1 Å². The van der Waals surface area contributed by atoms with Crippen LogP contribution in [0.2, 0.25) is 0 Å². The predicted octanol–water partition coefficient (Wildman–Crippen LogP) is 4.64. The lowest BCUT2D eigenvalue weighted by molar-refractivity contribution is 0.259. The molecule has 2 rings (SSSR count). The van der Waals surface area contributed by atoms with E-state index in [1.54, 1.807) is 11.8 Å². The fourth-order valence-electron chi connectivity index (χ4n) is 2.71. The molecule has 1 aliphatic carbocycles. The first-order valence-corrected chi connectivity index (χ1v) is 8.31. The summed E-state index contributed by atoms with van der Waals surface area (Å²) < 4.78 is 0. The van der Waals surface area contributed by atoms with Gasteiger partial charge in [-0.15, -0.1) is 11.8 Å². The highest BCUT2D eigenvalue weighted by Crippen LogP contribution is 2.31. The van der Waals surface area contributed by atoms with Crippen molar-refractivity contribution in [3.05, 3.63) is 29.8 Å². The van der Waals surface area contributed by atoms with E-state index >= 15 is 0 Å². The molecule has 1 nitrogen and oxygen atoms in total. The van der Waals surface area contributed by atoms with Crippen molar-refractivity contribution in [3.63, 3.8) is 0 Å². The van der Waals surface area contributed by atoms with E-state index in [1.165, 1.54) is 36.1 Å². The smallest absolute Gasteiger partial charge is 0.0294 e. The van der Waals surface area contributed by atoms with Crippen LogP contribution in [0.25, 0.3) is 0 Å². The SMILES string of the molecule is CSc1ccc(C(C)NC(C)CC2CCC2)cc1. The summed E-state index contributed by atoms with van der Waals surface area (Å²) in [6.07, 6.45) is 7.80. The first kappa shape index (κ1) is 14.0. The Balaban J connectivity index is 1.83. The zero-order chi connectivity index (χ0) is 13.0. The summed E-state index contributed by atoms with van der Waals surface area (Å²) in [5.74, 6) is 0.985. The standard InChI is InChI=1S/C16H25NS/c1-12(11-14-5-4-6-14)17-13(2)15-7-9-16(18-3)10-8-15/h7-10,12-14,17H,4-6,11H2,1-3H3. The van der Waals surface area contributed by atoms with Crippen LogP contribution in [-0.4, -0.2) is 12.3 Å². The molecule has 1 fully saturated rings. The molecule has 0 saturated heterocycles. The van der Waals surface area contributed by atoms with Gasteiger partial charge in [0.2, 0.25) is 0 Å². The van der Waals surface area contributed by atoms with Crippen molar-refractivity contribution in [1.29, 1.82) is 0 Å². The second kappa shape index (κ2) is 6.63. The normalized spacial score (nSPS) is 19.3. The van der Waals surface area contributed by atoms with Gasteiger partial charge in [-0.2, -0.15) is 0 Å². The summed E-state index contributed by atoms with van der Waals surface area (Å²) in [5.41, 5.74) is 1.40. The Morgan fingerprint density at radius 3 is 2.39 bits per heavy atom. The lowest BCUT2D eigenvalue weighted by Gasteiger charge is -2.30. The molecule has 0 radical (unpaired) electrons. The first-order valence-electron chi connectivity index (χ1n) is 7.09. The minimum atomic E-state index is 0.455. The Hall–Kier alpha value is -0.470. The van der Waals surface area contributed by atoms with E-state index in [-0.39, 0.29) is 0 Å². The van der Waals surface area contributed by atoms with E-state index < -0.39 is 0 Å². The van der Waals surface area contributed by atoms with Crippen molar-refractivity contribution in [2.45, 2.75) is 56.5 Å². The quantitative estimate of drug-likeness (QED) is 0.751. The predicted molar refractivity (Wildman–Crippen MR) is 81.2 cm³/mol. The maximum Gasteiger partial charge on any atom is 0.0294 e. The van der Waals surface area contributed by atoms with E-state index in [9.17, 15) is 0 Å². The molecule has 1 aromatic rings. The highest BCUT2D eigenvalue weighted by molar-refractivity contribution is 7.98. The maximum absolute atomic E-state index is 3.73. The Labute approximate surface area is 116 Å². The Kier molecular flexibility index (Phi) is 5.13. The molecule has 1 aromatic carbocycles. The van der Waals surface area contributed by atoms with Gasteiger partial charge in [-0.25, -0.2) is 0 Å². The Bertz CT molecular complexity index is 356. The average molecular weight is 263 g/mol. The molecule has 0 aromatic heterocycles. The molecule has 2 unspecified atom stereocenters. The minimum absolute atomic E-state index is 0.455. The third-order valence-corrected chi connectivity index (χ3v) is 4.81. The molecule has 2 atom stereocenters. The Morgan fingerprint density at radius 1 is 1.22 bits per heavy atom. The number of hydrogen-bond donors (Lipinski definition) is 1. The molecular weight excluding hydrogens is 238 g/mol. The third-order valence-electron chi connectivity index (χ3n) is 4.06. The average Bonchev–Trinajstić information content (AvgIpc) is 2.34. The molecule has 18 heavy (non-hydrogen) atoms. The maximum atomic E-state index is 3.73. The summed E-state index contributed by atoms with van der Waals surface area (Å²) in [7, 11) is 0. The van der Waals surface area contributed by atoms with Gasteiger partial charge < -0.3 is 5.32 Å². The zero-order valence-corrected chi connectivity index (χ0v) is 12.6. The fourth-order valence-corrected chi connectivity index (χ4v) is 3.12. The van der Waals surface area contributed by atoms with Crippen molar-refractivity contribution in [3.8, 4) is 0 Å². The van der Waals surface area contributed by atoms with Gasteiger partial charge in [0.1, 0.15) is 0 Å². The van der Waals surface area contributed by atoms with Crippen LogP contribution in [-0.2, 0) is 0 Å². The van der Waals surface area contributed by atoms with Crippen molar-refractivity contribution in [2.75, 3.05) is 6.26 Å². The van der Waals surface area contributed by atoms with Gasteiger partial charge in [-0.3, -0.25) is 0 Å². The fraction of sp³-hybridized carbons (Fsp3) is 0.625. The summed E-state index contributed by atoms with van der Waals surface area (Å²) >= 11 is 1.80. The van der Waals surface area contributed by atoms with E-state index in [1.807, 2.05) is 0 Å². The van der Waals surface area contributed by atoms with Crippen molar-refractivity contribution < 1.29 is 0 Å². The highest BCUT2D eigenvalue weighted by atomic mass is 32.2. The lowest BCUT2D eigenvalue weighted by Crippen LogP contribution is -2.32. The molecule has 0 bridgehead atoms. The van der Waals surface area contributed by atoms with E-state index in [0.717, 1.165) is 5.92 Å². The van der Waals surface area contributed by atoms with Gasteiger partial charge in [0.05, 0.1) is 0 Å². The van der Waals surface area contributed by atoms with Crippen molar-refractivity contribution in [2.24, 2.45) is 5.92 Å². The zero-order valence-electron chi connectivity index (χ0n) is 11.8. The van der Waals surface area contributed by atoms with Gasteiger partial charge in [0.15, 0.2) is 0 Å². The molecule has 0 spiro atoms. The van der Waals surface area contributed by atoms with Crippen LogP contribution in [0.1, 0.15) is 51.1 Å². The molecule has 1 saturated carbocycles. The van der Waals surface area contributed by atoms with Crippen LogP contribution in [0.15, 0.2) is 29.2 Å². The first-order chi connectivity index (χ1) is 8.69. The van der Waals surface area contributed by atoms with Gasteiger partial charge >= 0.3 is 0 Å². The highest BCUT2D eigenvalue weighted by Gasteiger charge is 2.20. The summed E-state index contributed by atoms with van der Waals surface area (Å²) in [6.45, 7) is 4.59. The molecule has 1 aliphatic rings. The molecule has 100 valence electrons. The number of nitrogens with one attached hydrogen (secondary N) is 1. The van der Waals surface area contributed by atoms with Gasteiger partial charge in [-0.05, 0) is 50.1 Å². The van der Waals surface area contributed by atoms with E-state index in [2.05, 4.69) is 49.7 Å². The monoisotopic (exact) mass is 263 g/mol. The molecule has 2 heteroatoms. The number of thioether (sulfide) groups is 1. The molecule has 1 N–H and O–H groups in total. The molecule has 0 heterocycles. The minimum Gasteiger partial charge on any atom is -0.308 e. The van der Waals surface area contributed by atoms with Crippen LogP contribution in [0.3, 0.4) is 0 Å². The van der Waals surface area contributed by atoms with E-state index in [4.69, 9.17) is 0 Å². The second-order valence-corrected chi connectivity index (χ2v) is 6.47. The number of rotatable bonds is 6. The van der Waals surface area contributed by atoms with Crippen LogP contribution in [0, 0.1) is 5.92 Å². The van der Waals surface area contributed by atoms with Crippen LogP contribution < -0.4 is 5.32 Å². The third kappa shape index (κ3) is 3.76. The molecular formula is C16H25NS. The van der Waals surface area contributed by atoms with Crippen LogP contribution >= 0.6 is 11.8 Å². The number of hydrogen-bond acceptors (Lipinski definition) is 2. The lowest BCUT2D eigenvalue weighted by atomic mass is 9.81. The molecule has 0 amide bonds. The van der Waals surface area contributed by atoms with Crippen molar-refractivity contribution in [1.82, 2.24) is 5.32 Å². The topological polar surface area (TPSA) is 12.0 Å². The van der Waals surface area contributed by atoms with Gasteiger partial charge in [0, 0.05) is 17.0 Å². The van der Waals surface area contributed by atoms with Gasteiger partial charge in [0.25, 0.3) is 0 Å². The summed E-state index contributed by atoms with van der Waals surface area (Å²) in [5, 5.41) is 3.73. The second-order valence-electron chi connectivity index (χ2n) is 5.60. The van der Waals surface area contributed by atoms with Crippen LogP contribution in [0.4, 0.5) is 0 Å². The number of benzene rings is 1.